The molecule has 90 valence electrons. The topological polar surface area (TPSA) is 37.9 Å². The lowest BCUT2D eigenvalue weighted by Crippen LogP contribution is -1.88. The van der Waals surface area contributed by atoms with Gasteiger partial charge in [-0.1, -0.05) is 38.1 Å². The van der Waals surface area contributed by atoms with Gasteiger partial charge in [0.15, 0.2) is 0 Å². The lowest BCUT2D eigenvalue weighted by molar-refractivity contribution is 0.384. The summed E-state index contributed by atoms with van der Waals surface area (Å²) in [4.78, 5) is 7.49. The zero-order valence-electron chi connectivity index (χ0n) is 10.7. The third-order valence-electron chi connectivity index (χ3n) is 2.91. The first-order valence-electron chi connectivity index (χ1n) is 5.82. The number of aryl methyl sites for hydroxylation is 1. The molecule has 0 radical (unpaired) electrons. The third kappa shape index (κ3) is 2.33. The summed E-state index contributed by atoms with van der Waals surface area (Å²) in [7, 11) is 1.61. The molecule has 1 aromatic heterocycles. The van der Waals surface area contributed by atoms with Gasteiger partial charge in [0.05, 0.1) is 12.8 Å². The molecule has 0 aliphatic rings. The average Bonchev–Trinajstić information content (AvgIpc) is 2.71. The Kier molecular flexibility index (Phi) is 3.18. The molecule has 0 saturated heterocycles. The van der Waals surface area contributed by atoms with Crippen LogP contribution in [0.4, 0.5) is 0 Å². The third-order valence-corrected chi connectivity index (χ3v) is 2.91. The summed E-state index contributed by atoms with van der Waals surface area (Å²) >= 11 is 0. The van der Waals surface area contributed by atoms with Crippen LogP contribution in [-0.4, -0.2) is 17.1 Å². The molecule has 2 aromatic rings. The van der Waals surface area contributed by atoms with Gasteiger partial charge >= 0.3 is 0 Å². The molecule has 1 N–H and O–H groups in total. The minimum Gasteiger partial charge on any atom is -0.468 e. The van der Waals surface area contributed by atoms with Gasteiger partial charge in [0.25, 0.3) is 6.01 Å². The average molecular weight is 230 g/mol. The van der Waals surface area contributed by atoms with Crippen molar-refractivity contribution in [2.24, 2.45) is 0 Å². The lowest BCUT2D eigenvalue weighted by Gasteiger charge is -2.05. The highest BCUT2D eigenvalue weighted by atomic mass is 16.5. The van der Waals surface area contributed by atoms with Crippen LogP contribution in [-0.2, 0) is 0 Å². The summed E-state index contributed by atoms with van der Waals surface area (Å²) < 4.78 is 5.09. The second kappa shape index (κ2) is 4.62. The Morgan fingerprint density at radius 2 is 1.82 bits per heavy atom. The van der Waals surface area contributed by atoms with Crippen molar-refractivity contribution < 1.29 is 4.74 Å². The van der Waals surface area contributed by atoms with Gasteiger partial charge in [0.2, 0.25) is 0 Å². The molecule has 0 aliphatic carbocycles. The fourth-order valence-corrected chi connectivity index (χ4v) is 1.84. The van der Waals surface area contributed by atoms with E-state index in [0.717, 1.165) is 17.0 Å². The number of hydrogen-bond donors (Lipinski definition) is 1. The number of nitrogens with one attached hydrogen (secondary N) is 1. The second-order valence-corrected chi connectivity index (χ2v) is 4.50. The SMILES string of the molecule is COc1nc(-c2ccc(C(C)C)cc2)c(C)[nH]1. The van der Waals surface area contributed by atoms with Crippen LogP contribution in [0.15, 0.2) is 24.3 Å². The van der Waals surface area contributed by atoms with Gasteiger partial charge in [-0.15, -0.1) is 0 Å². The van der Waals surface area contributed by atoms with Gasteiger partial charge in [-0.05, 0) is 18.4 Å². The molecule has 0 unspecified atom stereocenters. The van der Waals surface area contributed by atoms with Crippen molar-refractivity contribution in [1.82, 2.24) is 9.97 Å². The summed E-state index contributed by atoms with van der Waals surface area (Å²) in [6.45, 7) is 6.39. The smallest absolute Gasteiger partial charge is 0.294 e. The van der Waals surface area contributed by atoms with Crippen LogP contribution in [0.25, 0.3) is 11.3 Å². The normalized spacial score (nSPS) is 10.9. The van der Waals surface area contributed by atoms with Gasteiger partial charge in [0, 0.05) is 11.3 Å². The molecule has 2 rings (SSSR count). The van der Waals surface area contributed by atoms with Crippen molar-refractivity contribution in [1.29, 1.82) is 0 Å². The first kappa shape index (κ1) is 11.7. The van der Waals surface area contributed by atoms with E-state index < -0.39 is 0 Å². The summed E-state index contributed by atoms with van der Waals surface area (Å²) in [6, 6.07) is 9.09. The molecule has 3 nitrogen and oxygen atoms in total. The Morgan fingerprint density at radius 1 is 1.18 bits per heavy atom. The Morgan fingerprint density at radius 3 is 2.29 bits per heavy atom. The van der Waals surface area contributed by atoms with E-state index in [1.807, 2.05) is 6.92 Å². The lowest BCUT2D eigenvalue weighted by atomic mass is 10.0. The fourth-order valence-electron chi connectivity index (χ4n) is 1.84. The number of aromatic amines is 1. The van der Waals surface area contributed by atoms with Crippen molar-refractivity contribution in [3.8, 4) is 17.3 Å². The number of aromatic nitrogens is 2. The van der Waals surface area contributed by atoms with Crippen LogP contribution in [0.5, 0.6) is 6.01 Å². The molecule has 0 saturated carbocycles. The molecular weight excluding hydrogens is 212 g/mol. The van der Waals surface area contributed by atoms with Crippen LogP contribution in [0.2, 0.25) is 0 Å². The predicted octanol–water partition coefficient (Wildman–Crippen LogP) is 3.52. The molecule has 17 heavy (non-hydrogen) atoms. The molecule has 1 heterocycles. The van der Waals surface area contributed by atoms with E-state index in [4.69, 9.17) is 4.74 Å². The molecule has 0 spiro atoms. The van der Waals surface area contributed by atoms with E-state index in [2.05, 4.69) is 48.1 Å². The van der Waals surface area contributed by atoms with E-state index in [1.54, 1.807) is 7.11 Å². The molecule has 0 amide bonds. The minimum absolute atomic E-state index is 0.555. The maximum absolute atomic E-state index is 5.09. The van der Waals surface area contributed by atoms with E-state index in [1.165, 1.54) is 5.56 Å². The highest BCUT2D eigenvalue weighted by Crippen LogP contribution is 2.25. The van der Waals surface area contributed by atoms with Crippen LogP contribution in [0.1, 0.15) is 31.0 Å². The predicted molar refractivity (Wildman–Crippen MR) is 69.4 cm³/mol. The monoisotopic (exact) mass is 230 g/mol. The highest BCUT2D eigenvalue weighted by molar-refractivity contribution is 5.62. The summed E-state index contributed by atoms with van der Waals surface area (Å²) in [5.74, 6) is 0.555. The Balaban J connectivity index is 2.36. The number of benzene rings is 1. The molecule has 1 aromatic carbocycles. The maximum atomic E-state index is 5.09. The Hall–Kier alpha value is -1.77. The maximum Gasteiger partial charge on any atom is 0.294 e. The van der Waals surface area contributed by atoms with Crippen LogP contribution < -0.4 is 4.74 Å². The largest absolute Gasteiger partial charge is 0.468 e. The van der Waals surface area contributed by atoms with E-state index in [-0.39, 0.29) is 0 Å². The number of nitrogens with zero attached hydrogens (tertiary/aromatic N) is 1. The quantitative estimate of drug-likeness (QED) is 0.876. The van der Waals surface area contributed by atoms with Crippen molar-refractivity contribution in [3.63, 3.8) is 0 Å². The molecular formula is C14H18N2O. The Bertz CT molecular complexity index is 497. The number of imidazole rings is 1. The minimum atomic E-state index is 0.555. The summed E-state index contributed by atoms with van der Waals surface area (Å²) in [6.07, 6.45) is 0. The van der Waals surface area contributed by atoms with Crippen LogP contribution in [0, 0.1) is 6.92 Å². The number of rotatable bonds is 3. The first-order valence-corrected chi connectivity index (χ1v) is 5.82. The summed E-state index contributed by atoms with van der Waals surface area (Å²) in [5.41, 5.74) is 4.44. The Labute approximate surface area is 102 Å². The number of H-pyrrole nitrogens is 1. The van der Waals surface area contributed by atoms with Crippen molar-refractivity contribution in [2.75, 3.05) is 7.11 Å². The van der Waals surface area contributed by atoms with E-state index >= 15 is 0 Å². The number of methoxy groups -OCH3 is 1. The van der Waals surface area contributed by atoms with E-state index in [0.29, 0.717) is 11.9 Å². The van der Waals surface area contributed by atoms with Gasteiger partial charge < -0.3 is 9.72 Å². The van der Waals surface area contributed by atoms with Gasteiger partial charge in [-0.2, -0.15) is 4.98 Å². The molecule has 0 atom stereocenters. The zero-order valence-corrected chi connectivity index (χ0v) is 10.7. The molecule has 3 heteroatoms. The van der Waals surface area contributed by atoms with Gasteiger partial charge in [-0.25, -0.2) is 0 Å². The van der Waals surface area contributed by atoms with Crippen molar-refractivity contribution in [3.05, 3.63) is 35.5 Å². The number of hydrogen-bond acceptors (Lipinski definition) is 2. The highest BCUT2D eigenvalue weighted by Gasteiger charge is 2.09. The first-order chi connectivity index (χ1) is 8.11. The van der Waals surface area contributed by atoms with E-state index in [9.17, 15) is 0 Å². The standard InChI is InChI=1S/C14H18N2O/c1-9(2)11-5-7-12(8-6-11)13-10(3)15-14(16-13)17-4/h5-9H,1-4H3,(H,15,16). The van der Waals surface area contributed by atoms with Gasteiger partial charge in [0.1, 0.15) is 0 Å². The van der Waals surface area contributed by atoms with Gasteiger partial charge in [-0.3, -0.25) is 0 Å². The molecule has 0 fully saturated rings. The fraction of sp³-hybridized carbons (Fsp3) is 0.357. The number of ether oxygens (including phenoxy) is 1. The molecule has 0 aliphatic heterocycles. The second-order valence-electron chi connectivity index (χ2n) is 4.50. The summed E-state index contributed by atoms with van der Waals surface area (Å²) in [5, 5.41) is 0. The van der Waals surface area contributed by atoms with Crippen molar-refractivity contribution >= 4 is 0 Å². The van der Waals surface area contributed by atoms with Crippen molar-refractivity contribution in [2.45, 2.75) is 26.7 Å². The molecule has 0 bridgehead atoms. The van der Waals surface area contributed by atoms with Crippen LogP contribution in [0.3, 0.4) is 0 Å². The zero-order chi connectivity index (χ0) is 12.4. The van der Waals surface area contributed by atoms with Crippen LogP contribution >= 0.6 is 0 Å².